The first-order chi connectivity index (χ1) is 12.4. The van der Waals surface area contributed by atoms with Gasteiger partial charge < -0.3 is 9.46 Å². The molecule has 0 aliphatic heterocycles. The first kappa shape index (κ1) is 20.8. The Hall–Kier alpha value is -2.51. The highest BCUT2D eigenvalue weighted by Gasteiger charge is 2.60. The molecule has 5 nitrogen and oxygen atoms in total. The predicted molar refractivity (Wildman–Crippen MR) is 79.0 cm³/mol. The highest BCUT2D eigenvalue weighted by atomic mass is 32.1. The fraction of sp³-hybridized carbons (Fsp3) is 0.231. The maximum absolute atomic E-state index is 14.2. The zero-order chi connectivity index (χ0) is 20.6. The number of alkyl halides is 7. The van der Waals surface area contributed by atoms with E-state index in [0.29, 0.717) is 6.07 Å². The number of hydrogen-bond donors (Lipinski definition) is 2. The molecule has 14 heteroatoms. The van der Waals surface area contributed by atoms with Crippen LogP contribution < -0.4 is 15.0 Å². The lowest BCUT2D eigenvalue weighted by atomic mass is 10.2. The third-order valence-corrected chi connectivity index (χ3v) is 3.35. The van der Waals surface area contributed by atoms with Crippen molar-refractivity contribution in [2.45, 2.75) is 18.7 Å². The molecule has 0 unspecified atom stereocenters. The molecule has 0 aliphatic rings. The van der Waals surface area contributed by atoms with Gasteiger partial charge in [-0.05, 0) is 0 Å². The van der Waals surface area contributed by atoms with Gasteiger partial charge >= 0.3 is 18.7 Å². The van der Waals surface area contributed by atoms with Gasteiger partial charge in [-0.15, -0.1) is 0 Å². The van der Waals surface area contributed by atoms with Crippen molar-refractivity contribution < 1.29 is 39.9 Å². The van der Waals surface area contributed by atoms with Gasteiger partial charge in [0.25, 0.3) is 5.56 Å². The Kier molecular flexibility index (Phi) is 5.58. The van der Waals surface area contributed by atoms with Gasteiger partial charge in [-0.2, -0.15) is 30.7 Å². The van der Waals surface area contributed by atoms with Crippen molar-refractivity contribution in [1.29, 1.82) is 0 Å². The number of benzene rings is 1. The molecule has 1 N–H and O–H groups in total. The number of halogens is 8. The standard InChI is InChI=1S/C13H7F8N3O2S/c14-6-1-5(26-11(15)16)2-7(23-27)10(6)24-4-22-8(3-9(24)25)12(17,18)13(19,20)21/h1-4,11,23,27H. The summed E-state index contributed by atoms with van der Waals surface area (Å²) in [6.45, 7) is -3.30. The first-order valence-electron chi connectivity index (χ1n) is 6.61. The molecule has 0 radical (unpaired) electrons. The number of thiol groups is 1. The average molecular weight is 421 g/mol. The average Bonchev–Trinajstić information content (AvgIpc) is 2.53. The fourth-order valence-electron chi connectivity index (χ4n) is 1.96. The van der Waals surface area contributed by atoms with Crippen molar-refractivity contribution in [3.63, 3.8) is 0 Å². The zero-order valence-electron chi connectivity index (χ0n) is 12.6. The normalized spacial score (nSPS) is 12.4. The van der Waals surface area contributed by atoms with Crippen LogP contribution in [0.3, 0.4) is 0 Å². The fourth-order valence-corrected chi connectivity index (χ4v) is 2.13. The number of hydrogen-bond acceptors (Lipinski definition) is 5. The zero-order valence-corrected chi connectivity index (χ0v) is 13.5. The molecule has 27 heavy (non-hydrogen) atoms. The molecule has 0 saturated heterocycles. The summed E-state index contributed by atoms with van der Waals surface area (Å²) in [5, 5.41) is 0. The molecular weight excluding hydrogens is 414 g/mol. The second-order valence-electron chi connectivity index (χ2n) is 4.85. The lowest BCUT2D eigenvalue weighted by Crippen LogP contribution is -2.36. The van der Waals surface area contributed by atoms with E-state index in [-0.39, 0.29) is 17.0 Å². The SMILES string of the molecule is O=c1cc(C(F)(F)C(F)(F)F)ncn1-c1c(F)cc(OC(F)F)cc1NS. The van der Waals surface area contributed by atoms with Crippen LogP contribution in [0.4, 0.5) is 40.8 Å². The second kappa shape index (κ2) is 7.25. The Morgan fingerprint density at radius 2 is 1.78 bits per heavy atom. The van der Waals surface area contributed by atoms with Gasteiger partial charge in [0.05, 0.1) is 5.69 Å². The van der Waals surface area contributed by atoms with Crippen molar-refractivity contribution in [3.05, 3.63) is 46.4 Å². The van der Waals surface area contributed by atoms with Gasteiger partial charge in [0.15, 0.2) is 5.82 Å². The van der Waals surface area contributed by atoms with Gasteiger partial charge in [-0.25, -0.2) is 9.37 Å². The summed E-state index contributed by atoms with van der Waals surface area (Å²) in [5.74, 6) is -7.42. The van der Waals surface area contributed by atoms with Gasteiger partial charge in [0.2, 0.25) is 0 Å². The number of anilines is 1. The van der Waals surface area contributed by atoms with E-state index in [1.54, 1.807) is 0 Å². The number of aromatic nitrogens is 2. The van der Waals surface area contributed by atoms with E-state index < -0.39 is 52.9 Å². The Bertz CT molecular complexity index is 900. The maximum atomic E-state index is 14.2. The predicted octanol–water partition coefficient (Wildman–Crippen LogP) is 3.88. The van der Waals surface area contributed by atoms with Crippen LogP contribution in [0.25, 0.3) is 5.69 Å². The molecule has 0 amide bonds. The van der Waals surface area contributed by atoms with Crippen LogP contribution in [0.5, 0.6) is 5.75 Å². The van der Waals surface area contributed by atoms with E-state index in [4.69, 9.17) is 0 Å². The van der Waals surface area contributed by atoms with Crippen molar-refractivity contribution in [3.8, 4) is 11.4 Å². The van der Waals surface area contributed by atoms with Gasteiger partial charge in [0.1, 0.15) is 23.5 Å². The molecule has 1 aromatic carbocycles. The molecule has 0 bridgehead atoms. The Morgan fingerprint density at radius 1 is 1.15 bits per heavy atom. The smallest absolute Gasteiger partial charge is 0.435 e. The van der Waals surface area contributed by atoms with Crippen LogP contribution in [-0.2, 0) is 5.92 Å². The summed E-state index contributed by atoms with van der Waals surface area (Å²) in [6.07, 6.45) is -5.77. The van der Waals surface area contributed by atoms with E-state index in [1.807, 2.05) is 0 Å². The number of nitrogens with zero attached hydrogens (tertiary/aromatic N) is 2. The summed E-state index contributed by atoms with van der Waals surface area (Å²) in [6, 6.07) is 1.11. The Labute approximate surface area is 150 Å². The van der Waals surface area contributed by atoms with E-state index in [9.17, 15) is 39.9 Å². The number of nitrogens with one attached hydrogen (secondary N) is 1. The number of ether oxygens (including phenoxy) is 1. The van der Waals surface area contributed by atoms with Crippen LogP contribution in [0.1, 0.15) is 5.69 Å². The molecule has 1 heterocycles. The lowest BCUT2D eigenvalue weighted by Gasteiger charge is -2.19. The van der Waals surface area contributed by atoms with E-state index in [1.165, 1.54) is 0 Å². The van der Waals surface area contributed by atoms with Crippen molar-refractivity contribution in [2.75, 3.05) is 4.72 Å². The number of rotatable bonds is 5. The summed E-state index contributed by atoms with van der Waals surface area (Å²) in [5.41, 5.74) is -4.52. The van der Waals surface area contributed by atoms with Crippen LogP contribution in [-0.4, -0.2) is 22.3 Å². The minimum absolute atomic E-state index is 0.126. The highest BCUT2D eigenvalue weighted by Crippen LogP contribution is 2.42. The minimum Gasteiger partial charge on any atom is -0.435 e. The molecule has 1 aromatic heterocycles. The molecule has 148 valence electrons. The largest absolute Gasteiger partial charge is 0.459 e. The topological polar surface area (TPSA) is 56.2 Å². The highest BCUT2D eigenvalue weighted by molar-refractivity contribution is 7.81. The van der Waals surface area contributed by atoms with E-state index in [0.717, 1.165) is 6.07 Å². The quantitative estimate of drug-likeness (QED) is 0.569. The molecule has 0 atom stereocenters. The third kappa shape index (κ3) is 4.09. The Morgan fingerprint density at radius 3 is 2.26 bits per heavy atom. The van der Waals surface area contributed by atoms with Gasteiger partial charge in [-0.1, -0.05) is 12.8 Å². The van der Waals surface area contributed by atoms with Crippen LogP contribution in [0.15, 0.2) is 29.3 Å². The van der Waals surface area contributed by atoms with Crippen LogP contribution in [0, 0.1) is 5.82 Å². The third-order valence-electron chi connectivity index (χ3n) is 3.11. The molecule has 0 fully saturated rings. The maximum Gasteiger partial charge on any atom is 0.459 e. The lowest BCUT2D eigenvalue weighted by molar-refractivity contribution is -0.291. The van der Waals surface area contributed by atoms with E-state index in [2.05, 4.69) is 27.3 Å². The summed E-state index contributed by atoms with van der Waals surface area (Å²) < 4.78 is 109. The summed E-state index contributed by atoms with van der Waals surface area (Å²) >= 11 is 3.59. The molecular formula is C13H7F8N3O2S. The summed E-state index contributed by atoms with van der Waals surface area (Å²) in [4.78, 5) is 14.8. The summed E-state index contributed by atoms with van der Waals surface area (Å²) in [7, 11) is 0. The molecule has 2 aromatic rings. The van der Waals surface area contributed by atoms with Crippen LogP contribution >= 0.6 is 12.8 Å². The molecule has 0 spiro atoms. The molecule has 0 aliphatic carbocycles. The molecule has 2 rings (SSSR count). The second-order valence-corrected chi connectivity index (χ2v) is 5.07. The first-order valence-corrected chi connectivity index (χ1v) is 7.05. The van der Waals surface area contributed by atoms with Crippen molar-refractivity contribution >= 4 is 18.5 Å². The minimum atomic E-state index is -6.00. The van der Waals surface area contributed by atoms with Gasteiger partial charge in [0, 0.05) is 18.2 Å². The Balaban J connectivity index is 2.58. The van der Waals surface area contributed by atoms with Crippen molar-refractivity contribution in [1.82, 2.24) is 9.55 Å². The monoisotopic (exact) mass is 421 g/mol. The van der Waals surface area contributed by atoms with Gasteiger partial charge in [-0.3, -0.25) is 9.36 Å². The molecule has 0 saturated carbocycles. The van der Waals surface area contributed by atoms with Crippen LogP contribution in [0.2, 0.25) is 0 Å². The van der Waals surface area contributed by atoms with Crippen molar-refractivity contribution in [2.24, 2.45) is 0 Å². The van der Waals surface area contributed by atoms with E-state index >= 15 is 0 Å².